The first kappa shape index (κ1) is 32.9. The molecule has 1 fully saturated rings. The molecule has 2 N–H and O–H groups in total. The van der Waals surface area contributed by atoms with Crippen LogP contribution in [0.15, 0.2) is 73.3 Å². The van der Waals surface area contributed by atoms with Crippen molar-refractivity contribution in [3.63, 3.8) is 0 Å². The topological polar surface area (TPSA) is 50.3 Å². The minimum atomic E-state index is -0.293. The van der Waals surface area contributed by atoms with Crippen molar-refractivity contribution < 1.29 is 25.7 Å². The quantitative estimate of drug-likeness (QED) is 0.200. The molecule has 0 radical (unpaired) electrons. The number of phenols is 2. The van der Waals surface area contributed by atoms with E-state index in [4.69, 9.17) is 0 Å². The molecule has 1 saturated carbocycles. The Hall–Kier alpha value is -1.99. The van der Waals surface area contributed by atoms with Crippen molar-refractivity contribution >= 4 is 15.9 Å². The number of fused-ring (bicyclic) bond motifs is 1. The van der Waals surface area contributed by atoms with E-state index in [1.54, 1.807) is 0 Å². The molecule has 1 aliphatic carbocycles. The van der Waals surface area contributed by atoms with Crippen LogP contribution in [0.25, 0.3) is 11.4 Å². The molecule has 7 heteroatoms. The number of rotatable bonds is 6. The van der Waals surface area contributed by atoms with Crippen LogP contribution in [0.5, 0.6) is 11.5 Å². The van der Waals surface area contributed by atoms with Crippen LogP contribution in [0.4, 0.5) is 0 Å². The van der Waals surface area contributed by atoms with E-state index in [1.165, 1.54) is 49.7 Å². The van der Waals surface area contributed by atoms with Crippen molar-refractivity contribution in [2.75, 3.05) is 0 Å². The van der Waals surface area contributed by atoms with Gasteiger partial charge in [-0.05, 0) is 0 Å². The molecule has 0 saturated heterocycles. The Morgan fingerprint density at radius 1 is 0.622 bits per heavy atom. The third-order valence-electron chi connectivity index (χ3n) is 9.54. The number of aromatic hydroxyl groups is 2. The molecule has 3 heterocycles. The van der Waals surface area contributed by atoms with Crippen molar-refractivity contribution in [1.29, 1.82) is 0 Å². The summed E-state index contributed by atoms with van der Waals surface area (Å²) in [6.07, 6.45) is 16.2. The van der Waals surface area contributed by atoms with Gasteiger partial charge in [0, 0.05) is 0 Å². The van der Waals surface area contributed by atoms with Gasteiger partial charge in [0.25, 0.3) is 0 Å². The summed E-state index contributed by atoms with van der Waals surface area (Å²) in [5.74, 6) is 2.91. The van der Waals surface area contributed by atoms with Gasteiger partial charge in [-0.3, -0.25) is 0 Å². The molecule has 4 nitrogen and oxygen atoms in total. The number of phenolic OH excluding ortho intramolecular Hbond substituents is 2. The molecule has 2 aromatic carbocycles. The van der Waals surface area contributed by atoms with E-state index < -0.39 is 0 Å². The molecular formula is C38H50N2O2S2Ti. The van der Waals surface area contributed by atoms with Crippen LogP contribution >= 0.6 is 15.9 Å². The van der Waals surface area contributed by atoms with Crippen molar-refractivity contribution in [3.05, 3.63) is 95.6 Å². The second-order valence-corrected chi connectivity index (χ2v) is 26.4. The van der Waals surface area contributed by atoms with Gasteiger partial charge in [-0.15, -0.1) is 0 Å². The number of nitrogens with zero attached hydrogens (tertiary/aromatic N) is 2. The van der Waals surface area contributed by atoms with E-state index in [0.717, 1.165) is 44.5 Å². The van der Waals surface area contributed by atoms with E-state index in [1.807, 2.05) is 49.1 Å². The fraction of sp³-hybridized carbons (Fsp3) is 0.474. The summed E-state index contributed by atoms with van der Waals surface area (Å²) in [7, 11) is 0.599. The van der Waals surface area contributed by atoms with Crippen LogP contribution in [0.1, 0.15) is 102 Å². The van der Waals surface area contributed by atoms with E-state index in [-0.39, 0.29) is 26.3 Å². The van der Waals surface area contributed by atoms with Gasteiger partial charge < -0.3 is 0 Å². The van der Waals surface area contributed by atoms with E-state index >= 15 is 0 Å². The Bertz CT molecular complexity index is 1610. The zero-order valence-electron chi connectivity index (χ0n) is 27.8. The van der Waals surface area contributed by atoms with Gasteiger partial charge in [0.1, 0.15) is 0 Å². The molecule has 4 aromatic rings. The summed E-state index contributed by atoms with van der Waals surface area (Å²) in [4.78, 5) is 0. The monoisotopic (exact) mass is 678 g/mol. The van der Waals surface area contributed by atoms with Crippen LogP contribution in [0, 0.1) is 0 Å². The standard InChI is InChI=1S/C38H50N2O2S2.Ti/c1-37(2,3)29-21-27(35(41)31(23-29)39-17-11-12-18-39)25-43-33-15-9-7-8-10-16-34(33)44-26-28-22-30(38(4,5)6)24-32(36(28)42)40-19-13-14-20-40;/h11-14,17-24,33-34,41-42H,7-10,15-16,25-26H2,1-6H3;/t33-,34?;/m0./s1. The van der Waals surface area contributed by atoms with Crippen molar-refractivity contribution in [1.82, 2.24) is 9.13 Å². The Kier molecular flexibility index (Phi) is 9.70. The molecule has 45 heavy (non-hydrogen) atoms. The SMILES string of the molecule is CC(C)(C)c1cc(C[S]2=[Ti]=[S](Cc3cc(C(C)(C)C)cc(-n4cccc4)c3O)[C@H]3CCCCCCC32)c(O)c(-n2cccc2)c1. The molecule has 2 aliphatic rings. The third kappa shape index (κ3) is 7.15. The van der Waals surface area contributed by atoms with Gasteiger partial charge in [0.05, 0.1) is 0 Å². The van der Waals surface area contributed by atoms with Crippen LogP contribution in [-0.2, 0) is 37.8 Å². The number of hydrogen-bond acceptors (Lipinski definition) is 2. The number of aromatic nitrogens is 2. The third-order valence-corrected chi connectivity index (χ3v) is 25.5. The minimum absolute atomic E-state index is 0.000490. The fourth-order valence-corrected chi connectivity index (χ4v) is 27.6. The Balaban J connectivity index is 1.45. The zero-order valence-corrected chi connectivity index (χ0v) is 31.0. The maximum absolute atomic E-state index is 11.7. The predicted molar refractivity (Wildman–Crippen MR) is 190 cm³/mol. The Labute approximate surface area is 280 Å². The zero-order chi connectivity index (χ0) is 31.9. The summed E-state index contributed by atoms with van der Waals surface area (Å²) >= 11 is -0.293. The van der Waals surface area contributed by atoms with E-state index in [9.17, 15) is 10.2 Å². The number of benzene rings is 2. The predicted octanol–water partition coefficient (Wildman–Crippen LogP) is 10.5. The molecular weight excluding hydrogens is 628 g/mol. The molecule has 0 spiro atoms. The Morgan fingerprint density at radius 2 is 1.00 bits per heavy atom. The van der Waals surface area contributed by atoms with Gasteiger partial charge in [0.2, 0.25) is 0 Å². The summed E-state index contributed by atoms with van der Waals surface area (Å²) in [6.45, 7) is 13.6. The van der Waals surface area contributed by atoms with E-state index in [2.05, 4.69) is 74.9 Å². The first-order valence-corrected chi connectivity index (χ1v) is 23.3. The molecule has 6 rings (SSSR count). The van der Waals surface area contributed by atoms with Gasteiger partial charge >= 0.3 is 282 Å². The molecule has 1 aliphatic heterocycles. The van der Waals surface area contributed by atoms with Crippen LogP contribution < -0.4 is 0 Å². The van der Waals surface area contributed by atoms with Gasteiger partial charge in [-0.1, -0.05) is 0 Å². The van der Waals surface area contributed by atoms with Crippen LogP contribution in [-0.4, -0.2) is 29.8 Å². The average Bonchev–Trinajstić information content (AvgIpc) is 3.73. The van der Waals surface area contributed by atoms with Crippen molar-refractivity contribution in [3.8, 4) is 22.9 Å². The number of hydrogen-bond donors (Lipinski definition) is 2. The van der Waals surface area contributed by atoms with Gasteiger partial charge in [0.15, 0.2) is 0 Å². The molecule has 240 valence electrons. The summed E-state index contributed by atoms with van der Waals surface area (Å²) in [5, 5.41) is 25.0. The molecule has 0 amide bonds. The summed E-state index contributed by atoms with van der Waals surface area (Å²) < 4.78 is 4.14. The second-order valence-electron chi connectivity index (χ2n) is 15.0. The molecule has 0 bridgehead atoms. The van der Waals surface area contributed by atoms with Crippen LogP contribution in [0.3, 0.4) is 0 Å². The fourth-order valence-electron chi connectivity index (χ4n) is 6.76. The maximum atomic E-state index is 11.7. The first-order valence-electron chi connectivity index (χ1n) is 16.6. The van der Waals surface area contributed by atoms with Crippen LogP contribution in [0.2, 0.25) is 0 Å². The first-order chi connectivity index (χ1) is 21.4. The molecule has 4 atom stereocenters. The summed E-state index contributed by atoms with van der Waals surface area (Å²) in [6, 6.07) is 17.1. The van der Waals surface area contributed by atoms with Gasteiger partial charge in [-0.2, -0.15) is 0 Å². The van der Waals surface area contributed by atoms with Crippen molar-refractivity contribution in [2.24, 2.45) is 0 Å². The van der Waals surface area contributed by atoms with E-state index in [0.29, 0.717) is 27.4 Å². The summed E-state index contributed by atoms with van der Waals surface area (Å²) in [5.41, 5.74) is 6.65. The Morgan fingerprint density at radius 3 is 1.36 bits per heavy atom. The molecule has 2 aromatic heterocycles. The second kappa shape index (κ2) is 13.3. The average molecular weight is 679 g/mol. The van der Waals surface area contributed by atoms with Gasteiger partial charge in [-0.25, -0.2) is 0 Å². The molecule has 3 unspecified atom stereocenters. The van der Waals surface area contributed by atoms with Crippen molar-refractivity contribution in [2.45, 2.75) is 113 Å². The normalized spacial score (nSPS) is 22.3.